The standard InChI is InChI=1S/C22H15Cl3N2O3/c23-9-1-4-11(5-2-9)27-21(28)16-13-8-14(17(16)22(27)29)20-18(13)19(26-30-20)12-6-3-10(24)7-15(12)25/h1-7,13-14,16-18,20H,8H2. The number of imide groups is 1. The fraction of sp³-hybridized carbons (Fsp3) is 0.318. The lowest BCUT2D eigenvalue weighted by molar-refractivity contribution is -0.125. The number of benzene rings is 2. The highest BCUT2D eigenvalue weighted by molar-refractivity contribution is 6.37. The summed E-state index contributed by atoms with van der Waals surface area (Å²) in [6.07, 6.45) is 0.570. The van der Waals surface area contributed by atoms with Gasteiger partial charge in [-0.2, -0.15) is 0 Å². The van der Waals surface area contributed by atoms with Crippen molar-refractivity contribution in [2.45, 2.75) is 12.5 Å². The molecule has 1 saturated heterocycles. The minimum Gasteiger partial charge on any atom is -0.391 e. The van der Waals surface area contributed by atoms with Crippen LogP contribution in [0.15, 0.2) is 47.6 Å². The minimum absolute atomic E-state index is 0.00764. The molecule has 152 valence electrons. The average Bonchev–Trinajstić information content (AvgIpc) is 3.44. The van der Waals surface area contributed by atoms with E-state index in [4.69, 9.17) is 39.6 Å². The zero-order chi connectivity index (χ0) is 20.7. The Morgan fingerprint density at radius 3 is 2.23 bits per heavy atom. The van der Waals surface area contributed by atoms with Crippen molar-refractivity contribution < 1.29 is 14.4 Å². The Hall–Kier alpha value is -2.08. The lowest BCUT2D eigenvalue weighted by atomic mass is 9.71. The second-order valence-electron chi connectivity index (χ2n) is 8.30. The van der Waals surface area contributed by atoms with E-state index in [9.17, 15) is 9.59 Å². The number of hydrogen-bond donors (Lipinski definition) is 0. The van der Waals surface area contributed by atoms with Crippen LogP contribution in [0.4, 0.5) is 5.69 Å². The molecule has 6 rings (SSSR count). The Morgan fingerprint density at radius 1 is 0.867 bits per heavy atom. The number of carbonyl (C=O) groups excluding carboxylic acids is 2. The third-order valence-corrected chi connectivity index (χ3v) is 7.78. The molecule has 3 fully saturated rings. The van der Waals surface area contributed by atoms with Gasteiger partial charge in [0.1, 0.15) is 6.10 Å². The summed E-state index contributed by atoms with van der Waals surface area (Å²) in [7, 11) is 0. The van der Waals surface area contributed by atoms with Gasteiger partial charge in [0.25, 0.3) is 0 Å². The first-order chi connectivity index (χ1) is 14.5. The molecule has 4 aliphatic rings. The summed E-state index contributed by atoms with van der Waals surface area (Å²) in [6, 6.07) is 12.1. The Bertz CT molecular complexity index is 1130. The van der Waals surface area contributed by atoms with E-state index in [0.717, 1.165) is 17.7 Å². The van der Waals surface area contributed by atoms with Crippen LogP contribution in [-0.2, 0) is 14.4 Å². The van der Waals surface area contributed by atoms with Crippen molar-refractivity contribution in [1.82, 2.24) is 0 Å². The van der Waals surface area contributed by atoms with E-state index in [1.165, 1.54) is 4.90 Å². The van der Waals surface area contributed by atoms with E-state index in [1.807, 2.05) is 6.07 Å². The molecule has 2 bridgehead atoms. The van der Waals surface area contributed by atoms with E-state index in [0.29, 0.717) is 20.8 Å². The molecule has 0 radical (unpaired) electrons. The van der Waals surface area contributed by atoms with Gasteiger partial charge >= 0.3 is 0 Å². The van der Waals surface area contributed by atoms with Gasteiger partial charge in [0, 0.05) is 27.4 Å². The maximum absolute atomic E-state index is 13.4. The molecule has 6 unspecified atom stereocenters. The van der Waals surface area contributed by atoms with Crippen molar-refractivity contribution in [3.8, 4) is 0 Å². The van der Waals surface area contributed by atoms with Gasteiger partial charge in [-0.05, 0) is 48.7 Å². The monoisotopic (exact) mass is 460 g/mol. The highest BCUT2D eigenvalue weighted by Gasteiger charge is 2.70. The number of nitrogens with zero attached hydrogens (tertiary/aromatic N) is 2. The van der Waals surface area contributed by atoms with Crippen LogP contribution in [0.3, 0.4) is 0 Å². The lowest BCUT2D eigenvalue weighted by Gasteiger charge is -2.30. The van der Waals surface area contributed by atoms with Gasteiger partial charge in [-0.25, -0.2) is 0 Å². The lowest BCUT2D eigenvalue weighted by Crippen LogP contribution is -2.41. The summed E-state index contributed by atoms with van der Waals surface area (Å²) >= 11 is 18.4. The number of amides is 2. The van der Waals surface area contributed by atoms with Crippen molar-refractivity contribution in [2.24, 2.45) is 34.7 Å². The first-order valence-electron chi connectivity index (χ1n) is 9.78. The van der Waals surface area contributed by atoms with Crippen LogP contribution in [0.5, 0.6) is 0 Å². The third kappa shape index (κ3) is 2.40. The van der Waals surface area contributed by atoms with Crippen LogP contribution in [0.1, 0.15) is 12.0 Å². The molecular weight excluding hydrogens is 447 g/mol. The van der Waals surface area contributed by atoms with Crippen molar-refractivity contribution in [3.63, 3.8) is 0 Å². The van der Waals surface area contributed by atoms with E-state index in [1.54, 1.807) is 36.4 Å². The SMILES string of the molecule is O=C1C2C3CC(C4C(c5ccc(Cl)cc5Cl)=NOC34)C2C(=O)N1c1ccc(Cl)cc1. The summed E-state index contributed by atoms with van der Waals surface area (Å²) in [5.74, 6) is -1.13. The Morgan fingerprint density at radius 2 is 1.53 bits per heavy atom. The number of hydrogen-bond acceptors (Lipinski definition) is 4. The number of rotatable bonds is 2. The first-order valence-corrected chi connectivity index (χ1v) is 10.9. The maximum atomic E-state index is 13.4. The van der Waals surface area contributed by atoms with Crippen LogP contribution >= 0.6 is 34.8 Å². The highest BCUT2D eigenvalue weighted by Crippen LogP contribution is 2.62. The molecule has 2 aliphatic carbocycles. The normalized spacial score (nSPS) is 33.6. The number of oxime groups is 1. The molecule has 5 nitrogen and oxygen atoms in total. The van der Waals surface area contributed by atoms with Gasteiger partial charge < -0.3 is 4.84 Å². The fourth-order valence-corrected chi connectivity index (χ4v) is 6.52. The quantitative estimate of drug-likeness (QED) is 0.602. The molecule has 2 saturated carbocycles. The van der Waals surface area contributed by atoms with Crippen molar-refractivity contribution in [2.75, 3.05) is 4.90 Å². The average molecular weight is 462 g/mol. The molecule has 2 amide bonds. The molecule has 2 aromatic rings. The molecule has 0 spiro atoms. The van der Waals surface area contributed by atoms with Crippen molar-refractivity contribution in [1.29, 1.82) is 0 Å². The molecule has 2 aromatic carbocycles. The Labute approximate surface area is 187 Å². The minimum atomic E-state index is -0.366. The van der Waals surface area contributed by atoms with Gasteiger partial charge in [0.05, 0.1) is 28.3 Å². The molecule has 2 heterocycles. The van der Waals surface area contributed by atoms with Gasteiger partial charge in [-0.15, -0.1) is 0 Å². The number of fused-ring (bicyclic) bond motifs is 8. The molecular formula is C22H15Cl3N2O3. The highest BCUT2D eigenvalue weighted by atomic mass is 35.5. The van der Waals surface area contributed by atoms with Gasteiger partial charge in [-0.1, -0.05) is 46.0 Å². The van der Waals surface area contributed by atoms with Gasteiger partial charge in [0.2, 0.25) is 11.8 Å². The van der Waals surface area contributed by atoms with Crippen LogP contribution in [-0.4, -0.2) is 23.6 Å². The predicted octanol–water partition coefficient (Wildman–Crippen LogP) is 4.82. The summed E-state index contributed by atoms with van der Waals surface area (Å²) in [6.45, 7) is 0. The second kappa shape index (κ2) is 6.46. The van der Waals surface area contributed by atoms with Crippen molar-refractivity contribution in [3.05, 3.63) is 63.1 Å². The smallest absolute Gasteiger partial charge is 0.238 e. The van der Waals surface area contributed by atoms with Gasteiger partial charge in [-0.3, -0.25) is 14.5 Å². The topological polar surface area (TPSA) is 59.0 Å². The van der Waals surface area contributed by atoms with Crippen LogP contribution in [0.25, 0.3) is 0 Å². The Kier molecular flexibility index (Phi) is 4.02. The van der Waals surface area contributed by atoms with E-state index < -0.39 is 0 Å². The predicted molar refractivity (Wildman–Crippen MR) is 114 cm³/mol. The number of carbonyl (C=O) groups is 2. The third-order valence-electron chi connectivity index (χ3n) is 6.98. The largest absolute Gasteiger partial charge is 0.391 e. The molecule has 2 aliphatic heterocycles. The number of halogens is 3. The summed E-state index contributed by atoms with van der Waals surface area (Å²) in [5.41, 5.74) is 2.07. The molecule has 6 atom stereocenters. The van der Waals surface area contributed by atoms with E-state index in [2.05, 4.69) is 5.16 Å². The molecule has 0 aromatic heterocycles. The van der Waals surface area contributed by atoms with Crippen molar-refractivity contribution >= 4 is 58.0 Å². The van der Waals surface area contributed by atoms with Crippen LogP contribution in [0.2, 0.25) is 15.1 Å². The number of anilines is 1. The van der Waals surface area contributed by atoms with E-state index in [-0.39, 0.29) is 47.5 Å². The zero-order valence-corrected chi connectivity index (χ0v) is 17.7. The molecule has 30 heavy (non-hydrogen) atoms. The Balaban J connectivity index is 1.36. The molecule has 0 N–H and O–H groups in total. The zero-order valence-electron chi connectivity index (χ0n) is 15.5. The fourth-order valence-electron chi connectivity index (χ4n) is 5.89. The first kappa shape index (κ1) is 18.7. The summed E-state index contributed by atoms with van der Waals surface area (Å²) < 4.78 is 0. The maximum Gasteiger partial charge on any atom is 0.238 e. The van der Waals surface area contributed by atoms with E-state index >= 15 is 0 Å². The van der Waals surface area contributed by atoms with Crippen LogP contribution < -0.4 is 4.90 Å². The summed E-state index contributed by atoms with van der Waals surface area (Å²) in [4.78, 5) is 33.7. The molecule has 8 heteroatoms. The second-order valence-corrected chi connectivity index (χ2v) is 9.58. The van der Waals surface area contributed by atoms with Gasteiger partial charge in [0.15, 0.2) is 0 Å². The van der Waals surface area contributed by atoms with Crippen LogP contribution in [0, 0.1) is 29.6 Å². The summed E-state index contributed by atoms with van der Waals surface area (Å²) in [5, 5.41) is 5.93.